The molecule has 0 saturated carbocycles. The summed E-state index contributed by atoms with van der Waals surface area (Å²) in [5, 5.41) is 15.1. The van der Waals surface area contributed by atoms with Crippen molar-refractivity contribution in [3.05, 3.63) is 52.3 Å². The topological polar surface area (TPSA) is 38.0 Å². The van der Waals surface area contributed by atoms with Gasteiger partial charge in [-0.25, -0.2) is 0 Å². The summed E-state index contributed by atoms with van der Waals surface area (Å²) in [5.41, 5.74) is 3.03. The summed E-state index contributed by atoms with van der Waals surface area (Å²) in [5.74, 6) is 0. The number of aryl methyl sites for hydroxylation is 2. The Morgan fingerprint density at radius 2 is 2.00 bits per heavy atom. The molecule has 1 N–H and O–H groups in total. The number of hydrogen-bond donors (Lipinski definition) is 1. The molecule has 2 aromatic rings. The van der Waals surface area contributed by atoms with E-state index >= 15 is 0 Å². The molecule has 4 heteroatoms. The molecule has 0 saturated heterocycles. The molecule has 3 nitrogen and oxygen atoms in total. The Hall–Kier alpha value is -1.32. The van der Waals surface area contributed by atoms with E-state index in [9.17, 15) is 5.11 Å². The SMILES string of the molecule is Cc1nn(C)c(Cl)c1CCCC(O)c1ccccc1. The summed E-state index contributed by atoms with van der Waals surface area (Å²) < 4.78 is 1.69. The van der Waals surface area contributed by atoms with Crippen LogP contribution in [0.25, 0.3) is 0 Å². The van der Waals surface area contributed by atoms with Gasteiger partial charge in [0, 0.05) is 12.6 Å². The predicted octanol–water partition coefficient (Wildman–Crippen LogP) is 3.44. The Labute approximate surface area is 118 Å². The van der Waals surface area contributed by atoms with E-state index in [1.807, 2.05) is 44.3 Å². The highest BCUT2D eigenvalue weighted by molar-refractivity contribution is 6.30. The standard InChI is InChI=1S/C15H19ClN2O/c1-11-13(15(16)18(2)17-11)9-6-10-14(19)12-7-4-3-5-8-12/h3-5,7-8,14,19H,6,9-10H2,1-2H3. The Bertz CT molecular complexity index is 537. The van der Waals surface area contributed by atoms with Crippen LogP contribution in [0.3, 0.4) is 0 Å². The molecule has 2 rings (SSSR count). The van der Waals surface area contributed by atoms with Crippen LogP contribution in [0.5, 0.6) is 0 Å². The molecule has 1 aromatic heterocycles. The smallest absolute Gasteiger partial charge is 0.130 e. The molecule has 0 fully saturated rings. The molecular weight excluding hydrogens is 260 g/mol. The fourth-order valence-corrected chi connectivity index (χ4v) is 2.54. The molecule has 19 heavy (non-hydrogen) atoms. The number of aliphatic hydroxyl groups is 1. The number of aliphatic hydroxyl groups excluding tert-OH is 1. The second kappa shape index (κ2) is 6.22. The first kappa shape index (κ1) is 14.1. The summed E-state index contributed by atoms with van der Waals surface area (Å²) in [6.07, 6.45) is 2.07. The van der Waals surface area contributed by atoms with Crippen LogP contribution in [-0.2, 0) is 13.5 Å². The van der Waals surface area contributed by atoms with Crippen LogP contribution in [-0.4, -0.2) is 14.9 Å². The maximum absolute atomic E-state index is 10.1. The second-order valence-corrected chi connectivity index (χ2v) is 5.16. The van der Waals surface area contributed by atoms with Gasteiger partial charge < -0.3 is 5.11 Å². The molecule has 0 radical (unpaired) electrons. The summed E-state index contributed by atoms with van der Waals surface area (Å²) >= 11 is 6.18. The first-order chi connectivity index (χ1) is 9.09. The van der Waals surface area contributed by atoms with Crippen molar-refractivity contribution in [2.75, 3.05) is 0 Å². The van der Waals surface area contributed by atoms with Gasteiger partial charge in [-0.15, -0.1) is 0 Å². The highest BCUT2D eigenvalue weighted by atomic mass is 35.5. The maximum Gasteiger partial charge on any atom is 0.130 e. The molecule has 0 amide bonds. The summed E-state index contributed by atoms with van der Waals surface area (Å²) in [6.45, 7) is 1.97. The number of rotatable bonds is 5. The van der Waals surface area contributed by atoms with Crippen molar-refractivity contribution in [2.45, 2.75) is 32.3 Å². The van der Waals surface area contributed by atoms with Crippen molar-refractivity contribution in [3.8, 4) is 0 Å². The van der Waals surface area contributed by atoms with Crippen LogP contribution >= 0.6 is 11.6 Å². The van der Waals surface area contributed by atoms with E-state index in [1.54, 1.807) is 4.68 Å². The minimum atomic E-state index is -0.406. The zero-order chi connectivity index (χ0) is 13.8. The average Bonchev–Trinajstić information content (AvgIpc) is 2.66. The van der Waals surface area contributed by atoms with Crippen LogP contribution in [0.1, 0.15) is 35.8 Å². The normalized spacial score (nSPS) is 12.6. The van der Waals surface area contributed by atoms with E-state index in [-0.39, 0.29) is 0 Å². The van der Waals surface area contributed by atoms with E-state index in [2.05, 4.69) is 5.10 Å². The van der Waals surface area contributed by atoms with Crippen molar-refractivity contribution >= 4 is 11.6 Å². The largest absolute Gasteiger partial charge is 0.388 e. The summed E-state index contributed by atoms with van der Waals surface area (Å²) in [7, 11) is 1.84. The molecular formula is C15H19ClN2O. The Morgan fingerprint density at radius 3 is 2.58 bits per heavy atom. The van der Waals surface area contributed by atoms with Crippen molar-refractivity contribution in [3.63, 3.8) is 0 Å². The van der Waals surface area contributed by atoms with Crippen molar-refractivity contribution in [2.24, 2.45) is 7.05 Å². The van der Waals surface area contributed by atoms with Gasteiger partial charge in [0.1, 0.15) is 5.15 Å². The number of hydrogen-bond acceptors (Lipinski definition) is 2. The molecule has 102 valence electrons. The summed E-state index contributed by atoms with van der Waals surface area (Å²) in [4.78, 5) is 0. The predicted molar refractivity (Wildman–Crippen MR) is 77.3 cm³/mol. The van der Waals surface area contributed by atoms with E-state index in [1.165, 1.54) is 0 Å². The molecule has 1 unspecified atom stereocenters. The molecule has 1 atom stereocenters. The molecule has 0 aliphatic rings. The molecule has 0 bridgehead atoms. The van der Waals surface area contributed by atoms with Crippen LogP contribution in [0.2, 0.25) is 5.15 Å². The number of aromatic nitrogens is 2. The van der Waals surface area contributed by atoms with Gasteiger partial charge in [0.15, 0.2) is 0 Å². The second-order valence-electron chi connectivity index (χ2n) is 4.80. The van der Waals surface area contributed by atoms with Crippen LogP contribution < -0.4 is 0 Å². The van der Waals surface area contributed by atoms with Gasteiger partial charge >= 0.3 is 0 Å². The molecule has 1 heterocycles. The van der Waals surface area contributed by atoms with Crippen molar-refractivity contribution < 1.29 is 5.11 Å². The number of halogens is 1. The van der Waals surface area contributed by atoms with Crippen molar-refractivity contribution in [1.29, 1.82) is 0 Å². The molecule has 0 spiro atoms. The van der Waals surface area contributed by atoms with Gasteiger partial charge in [0.25, 0.3) is 0 Å². The lowest BCUT2D eigenvalue weighted by atomic mass is 10.0. The minimum Gasteiger partial charge on any atom is -0.388 e. The van der Waals surface area contributed by atoms with E-state index in [0.717, 1.165) is 36.1 Å². The third-order valence-corrected chi connectivity index (χ3v) is 3.83. The van der Waals surface area contributed by atoms with Crippen LogP contribution in [0.4, 0.5) is 0 Å². The highest BCUT2D eigenvalue weighted by Gasteiger charge is 2.12. The lowest BCUT2D eigenvalue weighted by Gasteiger charge is -2.10. The van der Waals surface area contributed by atoms with Crippen LogP contribution in [0, 0.1) is 6.92 Å². The van der Waals surface area contributed by atoms with Crippen LogP contribution in [0.15, 0.2) is 30.3 Å². The minimum absolute atomic E-state index is 0.406. The quantitative estimate of drug-likeness (QED) is 0.910. The van der Waals surface area contributed by atoms with Gasteiger partial charge in [0.05, 0.1) is 11.8 Å². The fraction of sp³-hybridized carbons (Fsp3) is 0.400. The van der Waals surface area contributed by atoms with Gasteiger partial charge in [-0.1, -0.05) is 41.9 Å². The zero-order valence-corrected chi connectivity index (χ0v) is 12.1. The lowest BCUT2D eigenvalue weighted by molar-refractivity contribution is 0.164. The van der Waals surface area contributed by atoms with Gasteiger partial charge in [-0.3, -0.25) is 4.68 Å². The molecule has 0 aliphatic heterocycles. The monoisotopic (exact) mass is 278 g/mol. The Balaban J connectivity index is 1.90. The Kier molecular flexibility index (Phi) is 4.61. The highest BCUT2D eigenvalue weighted by Crippen LogP contribution is 2.23. The first-order valence-electron chi connectivity index (χ1n) is 6.50. The van der Waals surface area contributed by atoms with E-state index < -0.39 is 6.10 Å². The fourth-order valence-electron chi connectivity index (χ4n) is 2.27. The first-order valence-corrected chi connectivity index (χ1v) is 6.88. The van der Waals surface area contributed by atoms with E-state index in [0.29, 0.717) is 5.15 Å². The lowest BCUT2D eigenvalue weighted by Crippen LogP contribution is -1.98. The van der Waals surface area contributed by atoms with Gasteiger partial charge in [0.2, 0.25) is 0 Å². The Morgan fingerprint density at radius 1 is 1.32 bits per heavy atom. The number of nitrogens with zero attached hydrogens (tertiary/aromatic N) is 2. The molecule has 0 aliphatic carbocycles. The van der Waals surface area contributed by atoms with E-state index in [4.69, 9.17) is 11.6 Å². The van der Waals surface area contributed by atoms with Gasteiger partial charge in [-0.05, 0) is 31.7 Å². The van der Waals surface area contributed by atoms with Crippen molar-refractivity contribution in [1.82, 2.24) is 9.78 Å². The third kappa shape index (κ3) is 3.37. The zero-order valence-electron chi connectivity index (χ0n) is 11.3. The maximum atomic E-state index is 10.1. The third-order valence-electron chi connectivity index (χ3n) is 3.36. The number of benzene rings is 1. The summed E-state index contributed by atoms with van der Waals surface area (Å²) in [6, 6.07) is 9.75. The average molecular weight is 279 g/mol. The molecule has 1 aromatic carbocycles. The van der Waals surface area contributed by atoms with Gasteiger partial charge in [-0.2, -0.15) is 5.10 Å².